The van der Waals surface area contributed by atoms with Crippen LogP contribution in [0.1, 0.15) is 44.2 Å². The molecule has 4 unspecified atom stereocenters. The summed E-state index contributed by atoms with van der Waals surface area (Å²) in [5, 5.41) is 0. The van der Waals surface area contributed by atoms with Crippen molar-refractivity contribution in [3.8, 4) is 0 Å². The van der Waals surface area contributed by atoms with Crippen molar-refractivity contribution < 1.29 is 0 Å². The van der Waals surface area contributed by atoms with E-state index in [1.54, 1.807) is 0 Å². The predicted molar refractivity (Wildman–Crippen MR) is 83.3 cm³/mol. The number of hydrogen-bond acceptors (Lipinski definition) is 2. The van der Waals surface area contributed by atoms with E-state index in [2.05, 4.69) is 28.4 Å². The maximum absolute atomic E-state index is 5.58. The van der Waals surface area contributed by atoms with Gasteiger partial charge in [0.1, 0.15) is 0 Å². The summed E-state index contributed by atoms with van der Waals surface area (Å²) < 4.78 is 3.10. The van der Waals surface area contributed by atoms with Crippen molar-refractivity contribution in [2.75, 3.05) is 0 Å². The first-order valence-electron chi connectivity index (χ1n) is 7.71. The van der Waals surface area contributed by atoms with Gasteiger partial charge >= 0.3 is 0 Å². The Morgan fingerprint density at radius 1 is 1.40 bits per heavy atom. The molecule has 106 valence electrons. The number of aromatic nitrogens is 3. The number of pyridine rings is 1. The van der Waals surface area contributed by atoms with Gasteiger partial charge in [-0.2, -0.15) is 0 Å². The van der Waals surface area contributed by atoms with Gasteiger partial charge in [-0.15, -0.1) is 0 Å². The summed E-state index contributed by atoms with van der Waals surface area (Å²) in [5.74, 6) is 2.66. The summed E-state index contributed by atoms with van der Waals surface area (Å²) in [6, 6.07) is 2.50. The lowest BCUT2D eigenvalue weighted by atomic mass is 9.84. The fraction of sp³-hybridized carbons (Fsp3) is 0.625. The first-order valence-corrected chi connectivity index (χ1v) is 8.12. The normalized spacial score (nSPS) is 30.2. The second kappa shape index (κ2) is 4.42. The third-order valence-electron chi connectivity index (χ3n) is 5.64. The number of rotatable bonds is 2. The number of fused-ring (bicyclic) bond motifs is 3. The molecule has 0 aromatic carbocycles. The van der Waals surface area contributed by atoms with E-state index in [4.69, 9.17) is 12.2 Å². The molecule has 0 aliphatic heterocycles. The Morgan fingerprint density at radius 3 is 2.95 bits per heavy atom. The molecule has 2 heterocycles. The van der Waals surface area contributed by atoms with Crippen LogP contribution in [0.15, 0.2) is 12.3 Å². The highest BCUT2D eigenvalue weighted by Crippen LogP contribution is 2.52. The summed E-state index contributed by atoms with van der Waals surface area (Å²) in [5.41, 5.74) is 3.36. The summed E-state index contributed by atoms with van der Waals surface area (Å²) in [6.07, 6.45) is 7.58. The quantitative estimate of drug-likeness (QED) is 0.831. The van der Waals surface area contributed by atoms with Gasteiger partial charge in [-0.05, 0) is 74.7 Å². The van der Waals surface area contributed by atoms with Gasteiger partial charge in [-0.3, -0.25) is 4.57 Å². The lowest BCUT2D eigenvalue weighted by Gasteiger charge is -2.29. The third kappa shape index (κ3) is 1.70. The van der Waals surface area contributed by atoms with Crippen molar-refractivity contribution >= 4 is 23.4 Å². The maximum Gasteiger partial charge on any atom is 0.179 e. The molecule has 4 atom stereocenters. The molecular weight excluding hydrogens is 266 g/mol. The summed E-state index contributed by atoms with van der Waals surface area (Å²) >= 11 is 5.58. The molecule has 0 saturated heterocycles. The molecule has 4 rings (SSSR count). The Kier molecular flexibility index (Phi) is 2.78. The van der Waals surface area contributed by atoms with Crippen molar-refractivity contribution in [2.24, 2.45) is 17.8 Å². The summed E-state index contributed by atoms with van der Waals surface area (Å²) in [6.45, 7) is 4.44. The minimum Gasteiger partial charge on any atom is -0.329 e. The lowest BCUT2D eigenvalue weighted by Crippen LogP contribution is -2.22. The van der Waals surface area contributed by atoms with Crippen LogP contribution in [0.25, 0.3) is 11.2 Å². The number of H-pyrrole nitrogens is 1. The number of imidazole rings is 1. The number of aromatic amines is 1. The molecule has 2 aliphatic rings. The predicted octanol–water partition coefficient (Wildman–Crippen LogP) is 4.40. The van der Waals surface area contributed by atoms with Crippen molar-refractivity contribution in [2.45, 2.75) is 45.6 Å². The van der Waals surface area contributed by atoms with E-state index >= 15 is 0 Å². The van der Waals surface area contributed by atoms with Gasteiger partial charge < -0.3 is 4.98 Å². The molecular formula is C16H21N3S. The molecule has 0 spiro atoms. The van der Waals surface area contributed by atoms with Crippen molar-refractivity contribution in [1.29, 1.82) is 0 Å². The molecule has 2 aromatic heterocycles. The molecule has 2 fully saturated rings. The Balaban J connectivity index is 1.80. The number of hydrogen-bond donors (Lipinski definition) is 1. The van der Waals surface area contributed by atoms with Crippen LogP contribution >= 0.6 is 12.2 Å². The topological polar surface area (TPSA) is 33.6 Å². The first kappa shape index (κ1) is 12.6. The molecule has 0 amide bonds. The Labute approximate surface area is 124 Å². The SMILES string of the molecule is Cc1ccnc2c1[nH]c(=S)n2C(C)C1CC2CCC1C2. The van der Waals surface area contributed by atoms with Crippen LogP contribution in [-0.2, 0) is 0 Å². The number of aryl methyl sites for hydroxylation is 1. The van der Waals surface area contributed by atoms with E-state index in [1.165, 1.54) is 31.2 Å². The van der Waals surface area contributed by atoms with Crippen LogP contribution in [0.3, 0.4) is 0 Å². The summed E-state index contributed by atoms with van der Waals surface area (Å²) in [4.78, 5) is 7.94. The molecule has 2 aromatic rings. The third-order valence-corrected chi connectivity index (χ3v) is 5.94. The molecule has 1 N–H and O–H groups in total. The van der Waals surface area contributed by atoms with Crippen molar-refractivity contribution in [3.05, 3.63) is 22.6 Å². The molecule has 3 nitrogen and oxygen atoms in total. The minimum atomic E-state index is 0.459. The van der Waals surface area contributed by atoms with E-state index in [1.807, 2.05) is 12.3 Å². The zero-order valence-electron chi connectivity index (χ0n) is 12.1. The molecule has 2 aliphatic carbocycles. The molecule has 20 heavy (non-hydrogen) atoms. The highest BCUT2D eigenvalue weighted by molar-refractivity contribution is 7.71. The van der Waals surface area contributed by atoms with Gasteiger partial charge in [0, 0.05) is 12.2 Å². The van der Waals surface area contributed by atoms with E-state index in [-0.39, 0.29) is 0 Å². The highest BCUT2D eigenvalue weighted by Gasteiger charge is 2.42. The van der Waals surface area contributed by atoms with Crippen molar-refractivity contribution in [3.63, 3.8) is 0 Å². The van der Waals surface area contributed by atoms with Gasteiger partial charge in [0.05, 0.1) is 5.52 Å². The van der Waals surface area contributed by atoms with E-state index in [0.717, 1.165) is 33.7 Å². The van der Waals surface area contributed by atoms with E-state index in [0.29, 0.717) is 6.04 Å². The first-order chi connectivity index (χ1) is 9.65. The smallest absolute Gasteiger partial charge is 0.179 e. The second-order valence-corrected chi connectivity index (χ2v) is 7.09. The fourth-order valence-electron chi connectivity index (χ4n) is 4.60. The molecule has 2 bridgehead atoms. The maximum atomic E-state index is 5.58. The largest absolute Gasteiger partial charge is 0.329 e. The zero-order chi connectivity index (χ0) is 13.9. The van der Waals surface area contributed by atoms with Crippen LogP contribution in [0.5, 0.6) is 0 Å². The number of nitrogens with zero attached hydrogens (tertiary/aromatic N) is 2. The minimum absolute atomic E-state index is 0.459. The van der Waals surface area contributed by atoms with Gasteiger partial charge in [-0.25, -0.2) is 4.98 Å². The van der Waals surface area contributed by atoms with E-state index < -0.39 is 0 Å². The number of nitrogens with one attached hydrogen (secondary N) is 1. The van der Waals surface area contributed by atoms with Crippen LogP contribution in [0, 0.1) is 29.4 Å². The fourth-order valence-corrected chi connectivity index (χ4v) is 4.95. The summed E-state index contributed by atoms with van der Waals surface area (Å²) in [7, 11) is 0. The van der Waals surface area contributed by atoms with Gasteiger partial charge in [0.15, 0.2) is 10.4 Å². The standard InChI is InChI=1S/C16H21N3S/c1-9-5-6-17-15-14(9)18-16(20)19(15)10(2)13-8-11-3-4-12(13)7-11/h5-6,10-13H,3-4,7-8H2,1-2H3,(H,18,20). The second-order valence-electron chi connectivity index (χ2n) is 6.71. The van der Waals surface area contributed by atoms with Gasteiger partial charge in [-0.1, -0.05) is 6.42 Å². The molecule has 4 heteroatoms. The zero-order valence-corrected chi connectivity index (χ0v) is 12.9. The monoisotopic (exact) mass is 287 g/mol. The highest BCUT2D eigenvalue weighted by atomic mass is 32.1. The lowest BCUT2D eigenvalue weighted by molar-refractivity contribution is 0.244. The van der Waals surface area contributed by atoms with Crippen molar-refractivity contribution in [1.82, 2.24) is 14.5 Å². The van der Waals surface area contributed by atoms with Crippen LogP contribution in [-0.4, -0.2) is 14.5 Å². The van der Waals surface area contributed by atoms with Gasteiger partial charge in [0.2, 0.25) is 0 Å². The van der Waals surface area contributed by atoms with Crippen LogP contribution in [0.4, 0.5) is 0 Å². The molecule has 0 radical (unpaired) electrons. The molecule has 2 saturated carbocycles. The Bertz CT molecular complexity index is 714. The Hall–Kier alpha value is -1.16. The Morgan fingerprint density at radius 2 is 2.25 bits per heavy atom. The van der Waals surface area contributed by atoms with E-state index in [9.17, 15) is 0 Å². The average Bonchev–Trinajstić information content (AvgIpc) is 3.11. The van der Waals surface area contributed by atoms with Gasteiger partial charge in [0.25, 0.3) is 0 Å². The average molecular weight is 287 g/mol. The van der Waals surface area contributed by atoms with Crippen LogP contribution < -0.4 is 0 Å². The van der Waals surface area contributed by atoms with Crippen LogP contribution in [0.2, 0.25) is 0 Å².